The molecule has 2 aromatic rings. The van der Waals surface area contributed by atoms with E-state index < -0.39 is 5.82 Å². The molecule has 21 heavy (non-hydrogen) atoms. The van der Waals surface area contributed by atoms with Crippen LogP contribution in [-0.2, 0) is 0 Å². The number of phenols is 1. The van der Waals surface area contributed by atoms with E-state index in [2.05, 4.69) is 20.9 Å². The van der Waals surface area contributed by atoms with Crippen LogP contribution in [0.2, 0.25) is 0 Å². The molecular formula is C16H15BrFNO2. The molecule has 2 aromatic carbocycles. The lowest BCUT2D eigenvalue weighted by Gasteiger charge is -2.09. The minimum absolute atomic E-state index is 0.148. The van der Waals surface area contributed by atoms with Gasteiger partial charge in [-0.25, -0.2) is 4.39 Å². The molecule has 2 rings (SSSR count). The van der Waals surface area contributed by atoms with E-state index in [1.54, 1.807) is 36.5 Å². The fourth-order valence-corrected chi connectivity index (χ4v) is 2.23. The van der Waals surface area contributed by atoms with Crippen LogP contribution < -0.4 is 4.74 Å². The SMILES string of the molecule is COc1ccc([C@@H](C)N=Cc2cc(Br)ccc2O)cc1F. The molecular weight excluding hydrogens is 337 g/mol. The molecule has 0 spiro atoms. The smallest absolute Gasteiger partial charge is 0.165 e. The Balaban J connectivity index is 2.20. The Labute approximate surface area is 131 Å². The molecule has 0 fully saturated rings. The summed E-state index contributed by atoms with van der Waals surface area (Å²) in [7, 11) is 1.43. The van der Waals surface area contributed by atoms with Crippen molar-refractivity contribution in [3.8, 4) is 11.5 Å². The summed E-state index contributed by atoms with van der Waals surface area (Å²) in [5.74, 6) is -0.0584. The molecule has 0 aliphatic heterocycles. The summed E-state index contributed by atoms with van der Waals surface area (Å²) in [6, 6.07) is 9.61. The van der Waals surface area contributed by atoms with Crippen LogP contribution in [0.4, 0.5) is 4.39 Å². The van der Waals surface area contributed by atoms with E-state index in [4.69, 9.17) is 4.74 Å². The van der Waals surface area contributed by atoms with Crippen LogP contribution >= 0.6 is 15.9 Å². The Bertz CT molecular complexity index is 673. The Kier molecular flexibility index (Phi) is 4.96. The lowest BCUT2D eigenvalue weighted by Crippen LogP contribution is -1.95. The van der Waals surface area contributed by atoms with Gasteiger partial charge in [0.25, 0.3) is 0 Å². The molecule has 0 aliphatic carbocycles. The van der Waals surface area contributed by atoms with Gasteiger partial charge < -0.3 is 9.84 Å². The summed E-state index contributed by atoms with van der Waals surface area (Å²) in [6.07, 6.45) is 1.58. The maximum absolute atomic E-state index is 13.7. The molecule has 0 bridgehead atoms. The summed E-state index contributed by atoms with van der Waals surface area (Å²) in [5.41, 5.74) is 1.34. The van der Waals surface area contributed by atoms with E-state index in [9.17, 15) is 9.50 Å². The van der Waals surface area contributed by atoms with Gasteiger partial charge in [-0.15, -0.1) is 0 Å². The van der Waals surface area contributed by atoms with Crippen molar-refractivity contribution in [3.63, 3.8) is 0 Å². The first-order valence-corrected chi connectivity index (χ1v) is 7.15. The molecule has 1 N–H and O–H groups in total. The highest BCUT2D eigenvalue weighted by Gasteiger charge is 2.08. The third-order valence-electron chi connectivity index (χ3n) is 3.09. The monoisotopic (exact) mass is 351 g/mol. The highest BCUT2D eigenvalue weighted by Crippen LogP contribution is 2.25. The van der Waals surface area contributed by atoms with Gasteiger partial charge in [0.2, 0.25) is 0 Å². The number of methoxy groups -OCH3 is 1. The van der Waals surface area contributed by atoms with Gasteiger partial charge in [-0.3, -0.25) is 4.99 Å². The number of hydrogen-bond donors (Lipinski definition) is 1. The minimum Gasteiger partial charge on any atom is -0.507 e. The van der Waals surface area contributed by atoms with Crippen LogP contribution in [0.25, 0.3) is 0 Å². The van der Waals surface area contributed by atoms with Crippen LogP contribution in [-0.4, -0.2) is 18.4 Å². The number of phenolic OH excluding ortho intramolecular Hbond substituents is 1. The van der Waals surface area contributed by atoms with Gasteiger partial charge in [-0.05, 0) is 42.8 Å². The van der Waals surface area contributed by atoms with Gasteiger partial charge in [0.05, 0.1) is 13.2 Å². The lowest BCUT2D eigenvalue weighted by molar-refractivity contribution is 0.386. The molecule has 0 amide bonds. The summed E-state index contributed by atoms with van der Waals surface area (Å²) < 4.78 is 19.4. The maximum Gasteiger partial charge on any atom is 0.165 e. The second-order valence-electron chi connectivity index (χ2n) is 4.55. The number of aromatic hydroxyl groups is 1. The second kappa shape index (κ2) is 6.72. The van der Waals surface area contributed by atoms with E-state index in [1.807, 2.05) is 6.92 Å². The number of halogens is 2. The van der Waals surface area contributed by atoms with Gasteiger partial charge in [0, 0.05) is 16.3 Å². The standard InChI is InChI=1S/C16H15BrFNO2/c1-10(11-3-6-16(21-2)14(18)8-11)19-9-12-7-13(17)4-5-15(12)20/h3-10,20H,1-2H3/t10-/m1/s1. The molecule has 110 valence electrons. The summed E-state index contributed by atoms with van der Waals surface area (Å²) in [4.78, 5) is 4.35. The molecule has 0 radical (unpaired) electrons. The Morgan fingerprint density at radius 2 is 2.05 bits per heavy atom. The zero-order valence-electron chi connectivity index (χ0n) is 11.7. The summed E-state index contributed by atoms with van der Waals surface area (Å²) in [6.45, 7) is 1.85. The Hall–Kier alpha value is -1.88. The van der Waals surface area contributed by atoms with Crippen LogP contribution in [0.3, 0.4) is 0 Å². The predicted molar refractivity (Wildman–Crippen MR) is 84.8 cm³/mol. The normalized spacial score (nSPS) is 12.6. The average molecular weight is 352 g/mol. The Morgan fingerprint density at radius 1 is 1.29 bits per heavy atom. The molecule has 5 heteroatoms. The molecule has 1 atom stereocenters. The van der Waals surface area contributed by atoms with Crippen molar-refractivity contribution in [1.82, 2.24) is 0 Å². The zero-order chi connectivity index (χ0) is 15.4. The van der Waals surface area contributed by atoms with Gasteiger partial charge in [0.1, 0.15) is 5.75 Å². The first-order chi connectivity index (χ1) is 10.0. The molecule has 0 aliphatic rings. The fourth-order valence-electron chi connectivity index (χ4n) is 1.85. The van der Waals surface area contributed by atoms with Crippen molar-refractivity contribution in [2.45, 2.75) is 13.0 Å². The number of nitrogens with zero attached hydrogens (tertiary/aromatic N) is 1. The van der Waals surface area contributed by atoms with Crippen LogP contribution in [0.5, 0.6) is 11.5 Å². The number of benzene rings is 2. The van der Waals surface area contributed by atoms with Crippen LogP contribution in [0, 0.1) is 5.82 Å². The van der Waals surface area contributed by atoms with Crippen molar-refractivity contribution in [2.75, 3.05) is 7.11 Å². The highest BCUT2D eigenvalue weighted by molar-refractivity contribution is 9.10. The first-order valence-electron chi connectivity index (χ1n) is 6.36. The first kappa shape index (κ1) is 15.5. The van der Waals surface area contributed by atoms with Gasteiger partial charge in [-0.1, -0.05) is 22.0 Å². The van der Waals surface area contributed by atoms with Gasteiger partial charge in [-0.2, -0.15) is 0 Å². The van der Waals surface area contributed by atoms with Gasteiger partial charge in [0.15, 0.2) is 11.6 Å². The third-order valence-corrected chi connectivity index (χ3v) is 3.58. The fraction of sp³-hybridized carbons (Fsp3) is 0.188. The van der Waals surface area contributed by atoms with Crippen LogP contribution in [0.15, 0.2) is 45.9 Å². The number of rotatable bonds is 4. The maximum atomic E-state index is 13.7. The largest absolute Gasteiger partial charge is 0.507 e. The zero-order valence-corrected chi connectivity index (χ0v) is 13.3. The minimum atomic E-state index is -0.414. The van der Waals surface area contributed by atoms with Crippen molar-refractivity contribution in [3.05, 3.63) is 57.8 Å². The van der Waals surface area contributed by atoms with Crippen molar-refractivity contribution in [2.24, 2.45) is 4.99 Å². The quantitative estimate of drug-likeness (QED) is 0.825. The van der Waals surface area contributed by atoms with E-state index in [1.165, 1.54) is 13.2 Å². The van der Waals surface area contributed by atoms with E-state index in [-0.39, 0.29) is 17.5 Å². The van der Waals surface area contributed by atoms with E-state index >= 15 is 0 Å². The highest BCUT2D eigenvalue weighted by atomic mass is 79.9. The predicted octanol–water partition coefficient (Wildman–Crippen LogP) is 4.48. The average Bonchev–Trinajstić information content (AvgIpc) is 2.47. The lowest BCUT2D eigenvalue weighted by atomic mass is 10.1. The number of aliphatic imine (C=N–C) groups is 1. The summed E-state index contributed by atoms with van der Waals surface area (Å²) >= 11 is 3.34. The molecule has 0 saturated heterocycles. The number of ether oxygens (including phenoxy) is 1. The molecule has 0 saturated carbocycles. The molecule has 0 unspecified atom stereocenters. The van der Waals surface area contributed by atoms with E-state index in [0.717, 1.165) is 10.0 Å². The van der Waals surface area contributed by atoms with Crippen molar-refractivity contribution in [1.29, 1.82) is 0 Å². The topological polar surface area (TPSA) is 41.8 Å². The van der Waals surface area contributed by atoms with Gasteiger partial charge >= 0.3 is 0 Å². The summed E-state index contributed by atoms with van der Waals surface area (Å²) in [5, 5.41) is 9.74. The molecule has 0 aromatic heterocycles. The van der Waals surface area contributed by atoms with E-state index in [0.29, 0.717) is 5.56 Å². The third kappa shape index (κ3) is 3.82. The van der Waals surface area contributed by atoms with Crippen molar-refractivity contribution < 1.29 is 14.2 Å². The molecule has 3 nitrogen and oxygen atoms in total. The van der Waals surface area contributed by atoms with Crippen molar-refractivity contribution >= 4 is 22.1 Å². The number of hydrogen-bond acceptors (Lipinski definition) is 3. The molecule has 0 heterocycles. The Morgan fingerprint density at radius 3 is 2.71 bits per heavy atom. The second-order valence-corrected chi connectivity index (χ2v) is 5.47. The van der Waals surface area contributed by atoms with Crippen LogP contribution in [0.1, 0.15) is 24.1 Å².